The molecule has 0 fully saturated rings. The summed E-state index contributed by atoms with van der Waals surface area (Å²) < 4.78 is 5.40. The second-order valence-electron chi connectivity index (χ2n) is 3.81. The van der Waals surface area contributed by atoms with Crippen LogP contribution in [0.1, 0.15) is 40.0 Å². The van der Waals surface area contributed by atoms with Crippen LogP contribution in [0.25, 0.3) is 0 Å². The predicted octanol–water partition coefficient (Wildman–Crippen LogP) is 2.21. The fraction of sp³-hybridized carbons (Fsp3) is 1.00. The van der Waals surface area contributed by atoms with E-state index in [1.165, 1.54) is 0 Å². The highest BCUT2D eigenvalue weighted by Gasteiger charge is 1.96. The second-order valence-corrected chi connectivity index (χ2v) is 3.81. The highest BCUT2D eigenvalue weighted by Crippen LogP contribution is 2.01. The van der Waals surface area contributed by atoms with Crippen LogP contribution in [0.5, 0.6) is 0 Å². The summed E-state index contributed by atoms with van der Waals surface area (Å²) in [5.41, 5.74) is 0. The average Bonchev–Trinajstić information content (AvgIpc) is 1.95. The number of aliphatic hydroxyl groups is 1. The molecule has 1 unspecified atom stereocenters. The van der Waals surface area contributed by atoms with E-state index in [2.05, 4.69) is 13.8 Å². The number of hydrogen-bond acceptors (Lipinski definition) is 2. The molecule has 0 aliphatic rings. The van der Waals surface area contributed by atoms with Crippen LogP contribution in [0, 0.1) is 5.92 Å². The van der Waals surface area contributed by atoms with Crippen LogP contribution in [0.2, 0.25) is 0 Å². The van der Waals surface area contributed by atoms with E-state index < -0.39 is 0 Å². The van der Waals surface area contributed by atoms with Crippen LogP contribution < -0.4 is 0 Å². The summed E-state index contributed by atoms with van der Waals surface area (Å²) in [4.78, 5) is 0. The van der Waals surface area contributed by atoms with E-state index in [0.29, 0.717) is 5.92 Å². The zero-order chi connectivity index (χ0) is 9.40. The Labute approximate surface area is 75.9 Å². The first-order valence-electron chi connectivity index (χ1n) is 4.88. The van der Waals surface area contributed by atoms with Crippen molar-refractivity contribution in [2.24, 2.45) is 5.92 Å². The van der Waals surface area contributed by atoms with Gasteiger partial charge in [-0.25, -0.2) is 0 Å². The molecule has 0 rings (SSSR count). The van der Waals surface area contributed by atoms with Crippen molar-refractivity contribution >= 4 is 0 Å². The van der Waals surface area contributed by atoms with E-state index in [4.69, 9.17) is 9.84 Å². The summed E-state index contributed by atoms with van der Waals surface area (Å²) in [5, 5.41) is 8.96. The zero-order valence-electron chi connectivity index (χ0n) is 8.55. The van der Waals surface area contributed by atoms with Gasteiger partial charge < -0.3 is 9.84 Å². The molecule has 2 nitrogen and oxygen atoms in total. The molecule has 0 spiro atoms. The molecular formula is C10H22O2. The summed E-state index contributed by atoms with van der Waals surface area (Å²) in [5.74, 6) is 0.627. The average molecular weight is 174 g/mol. The van der Waals surface area contributed by atoms with Crippen molar-refractivity contribution in [1.29, 1.82) is 0 Å². The molecule has 0 heterocycles. The molecule has 2 heteroatoms. The molecule has 0 radical (unpaired) electrons. The number of unbranched alkanes of at least 4 members (excludes halogenated alkanes) is 1. The van der Waals surface area contributed by atoms with Crippen molar-refractivity contribution in [1.82, 2.24) is 0 Å². The first-order valence-corrected chi connectivity index (χ1v) is 4.88. The van der Waals surface area contributed by atoms with Gasteiger partial charge in [0.15, 0.2) is 0 Å². The number of rotatable bonds is 7. The van der Waals surface area contributed by atoms with Crippen molar-refractivity contribution in [3.8, 4) is 0 Å². The van der Waals surface area contributed by atoms with E-state index in [1.54, 1.807) is 0 Å². The third-order valence-corrected chi connectivity index (χ3v) is 1.61. The van der Waals surface area contributed by atoms with E-state index in [-0.39, 0.29) is 6.10 Å². The third-order valence-electron chi connectivity index (χ3n) is 1.61. The lowest BCUT2D eigenvalue weighted by Gasteiger charge is -2.07. The topological polar surface area (TPSA) is 29.5 Å². The normalized spacial score (nSPS) is 13.8. The Morgan fingerprint density at radius 2 is 1.83 bits per heavy atom. The number of ether oxygens (including phenoxy) is 1. The van der Waals surface area contributed by atoms with Gasteiger partial charge in [-0.05, 0) is 32.1 Å². The maximum atomic E-state index is 8.96. The van der Waals surface area contributed by atoms with Crippen molar-refractivity contribution in [2.45, 2.75) is 46.1 Å². The Morgan fingerprint density at radius 3 is 2.33 bits per heavy atom. The van der Waals surface area contributed by atoms with Crippen molar-refractivity contribution in [3.05, 3.63) is 0 Å². The van der Waals surface area contributed by atoms with E-state index in [9.17, 15) is 0 Å². The smallest absolute Gasteiger partial charge is 0.0512 e. The fourth-order valence-electron chi connectivity index (χ4n) is 0.963. The van der Waals surface area contributed by atoms with Crippen molar-refractivity contribution in [3.63, 3.8) is 0 Å². The molecule has 0 aromatic heterocycles. The molecule has 74 valence electrons. The lowest BCUT2D eigenvalue weighted by Crippen LogP contribution is -2.04. The molecule has 0 amide bonds. The molecule has 0 aromatic carbocycles. The van der Waals surface area contributed by atoms with Crippen LogP contribution in [0.4, 0.5) is 0 Å². The van der Waals surface area contributed by atoms with Crippen molar-refractivity contribution in [2.75, 3.05) is 13.2 Å². The zero-order valence-corrected chi connectivity index (χ0v) is 8.55. The van der Waals surface area contributed by atoms with Gasteiger partial charge in [-0.1, -0.05) is 13.8 Å². The van der Waals surface area contributed by atoms with E-state index in [0.717, 1.165) is 32.5 Å². The van der Waals surface area contributed by atoms with Gasteiger partial charge in [0.2, 0.25) is 0 Å². The minimum atomic E-state index is -0.157. The van der Waals surface area contributed by atoms with Gasteiger partial charge in [0.25, 0.3) is 0 Å². The molecular weight excluding hydrogens is 152 g/mol. The van der Waals surface area contributed by atoms with Crippen LogP contribution >= 0.6 is 0 Å². The molecule has 1 N–H and O–H groups in total. The highest BCUT2D eigenvalue weighted by molar-refractivity contribution is 4.47. The van der Waals surface area contributed by atoms with Gasteiger partial charge in [-0.3, -0.25) is 0 Å². The lowest BCUT2D eigenvalue weighted by molar-refractivity contribution is 0.102. The number of aliphatic hydroxyl groups excluding tert-OH is 1. The molecule has 12 heavy (non-hydrogen) atoms. The molecule has 0 aliphatic carbocycles. The Hall–Kier alpha value is -0.0800. The molecule has 1 atom stereocenters. The highest BCUT2D eigenvalue weighted by atomic mass is 16.5. The molecule has 0 saturated carbocycles. The second kappa shape index (κ2) is 7.56. The first-order chi connectivity index (χ1) is 5.63. The van der Waals surface area contributed by atoms with E-state index >= 15 is 0 Å². The monoisotopic (exact) mass is 174 g/mol. The quantitative estimate of drug-likeness (QED) is 0.600. The minimum absolute atomic E-state index is 0.157. The van der Waals surface area contributed by atoms with Gasteiger partial charge in [-0.15, -0.1) is 0 Å². The summed E-state index contributed by atoms with van der Waals surface area (Å²) in [7, 11) is 0. The van der Waals surface area contributed by atoms with Gasteiger partial charge in [-0.2, -0.15) is 0 Å². The third kappa shape index (κ3) is 9.92. The van der Waals surface area contributed by atoms with Gasteiger partial charge in [0.1, 0.15) is 0 Å². The Kier molecular flexibility index (Phi) is 7.51. The van der Waals surface area contributed by atoms with E-state index in [1.807, 2.05) is 6.92 Å². The summed E-state index contributed by atoms with van der Waals surface area (Å²) >= 11 is 0. The Balaban J connectivity index is 2.91. The maximum Gasteiger partial charge on any atom is 0.0512 e. The molecule has 0 aliphatic heterocycles. The summed E-state index contributed by atoms with van der Waals surface area (Å²) in [6, 6.07) is 0. The van der Waals surface area contributed by atoms with Crippen LogP contribution in [-0.4, -0.2) is 24.4 Å². The SMILES string of the molecule is CC(C)COCCCCC(C)O. The summed E-state index contributed by atoms with van der Waals surface area (Å²) in [6.07, 6.45) is 2.87. The van der Waals surface area contributed by atoms with Gasteiger partial charge in [0.05, 0.1) is 6.10 Å². The first kappa shape index (κ1) is 11.9. The fourth-order valence-corrected chi connectivity index (χ4v) is 0.963. The van der Waals surface area contributed by atoms with Crippen LogP contribution in [0.3, 0.4) is 0 Å². The lowest BCUT2D eigenvalue weighted by atomic mass is 10.2. The van der Waals surface area contributed by atoms with Crippen molar-refractivity contribution < 1.29 is 9.84 Å². The Bertz CT molecular complexity index is 77.8. The standard InChI is InChI=1S/C10H22O2/c1-9(2)8-12-7-5-4-6-10(3)11/h9-11H,4-8H2,1-3H3. The summed E-state index contributed by atoms with van der Waals surface area (Å²) in [6.45, 7) is 7.82. The van der Waals surface area contributed by atoms with Crippen LogP contribution in [0.15, 0.2) is 0 Å². The van der Waals surface area contributed by atoms with Crippen LogP contribution in [-0.2, 0) is 4.74 Å². The molecule has 0 aromatic rings. The largest absolute Gasteiger partial charge is 0.393 e. The maximum absolute atomic E-state index is 8.96. The Morgan fingerprint density at radius 1 is 1.17 bits per heavy atom. The molecule has 0 saturated heterocycles. The van der Waals surface area contributed by atoms with Gasteiger partial charge in [0, 0.05) is 13.2 Å². The molecule has 0 bridgehead atoms. The van der Waals surface area contributed by atoms with Gasteiger partial charge >= 0.3 is 0 Å². The minimum Gasteiger partial charge on any atom is -0.393 e. The predicted molar refractivity (Wildman–Crippen MR) is 51.2 cm³/mol. The number of hydrogen-bond donors (Lipinski definition) is 1.